The van der Waals surface area contributed by atoms with Crippen molar-refractivity contribution in [3.8, 4) is 0 Å². The van der Waals surface area contributed by atoms with Crippen LogP contribution in [0, 0.1) is 0 Å². The van der Waals surface area contributed by atoms with Crippen LogP contribution < -0.4 is 5.73 Å². The quantitative estimate of drug-likeness (QED) is 0.445. The van der Waals surface area contributed by atoms with Gasteiger partial charge in [-0.1, -0.05) is 6.92 Å². The number of carbonyl (C=O) groups is 1. The molecule has 0 saturated heterocycles. The summed E-state index contributed by atoms with van der Waals surface area (Å²) in [6.07, 6.45) is 0.840. The molecule has 1 unspecified atom stereocenters. The third-order valence-electron chi connectivity index (χ3n) is 1.07. The van der Waals surface area contributed by atoms with E-state index in [4.69, 9.17) is 28.0 Å². The zero-order chi connectivity index (χ0) is 11.8. The first-order chi connectivity index (χ1) is 6.20. The molecular weight excluding hydrogens is 214 g/mol. The van der Waals surface area contributed by atoms with Crippen LogP contribution in [-0.2, 0) is 19.9 Å². The molecule has 0 aromatic heterocycles. The summed E-state index contributed by atoms with van der Waals surface area (Å²) in [6.45, 7) is 3.77. The zero-order valence-electron chi connectivity index (χ0n) is 8.00. The van der Waals surface area contributed by atoms with E-state index in [1.54, 1.807) is 0 Å². The molecule has 0 aliphatic carbocycles. The number of hydrogen-bond acceptors (Lipinski definition) is 5. The molecule has 0 aromatic rings. The Hall–Kier alpha value is -0.700. The molecule has 0 fully saturated rings. The molecule has 0 aromatic carbocycles. The molecule has 8 heteroatoms. The largest absolute Gasteiger partial charge is 0.462 e. The molecular formula is C6H15NO6S. The lowest BCUT2D eigenvalue weighted by molar-refractivity contribution is -0.146. The second-order valence-corrected chi connectivity index (χ2v) is 3.26. The molecule has 0 saturated carbocycles. The van der Waals surface area contributed by atoms with E-state index in [-0.39, 0.29) is 18.6 Å². The molecule has 0 bridgehead atoms. The molecule has 0 heterocycles. The molecule has 0 radical (unpaired) electrons. The van der Waals surface area contributed by atoms with Crippen molar-refractivity contribution < 1.29 is 27.1 Å². The molecule has 14 heavy (non-hydrogen) atoms. The predicted molar refractivity (Wildman–Crippen MR) is 49.1 cm³/mol. The number of nitrogens with two attached hydrogens (primary N) is 1. The van der Waals surface area contributed by atoms with Crippen LogP contribution in [0.5, 0.6) is 0 Å². The standard InChI is InChI=1S/C6H13NO2.H2O4S/c1-3-5(2)9-6(8)4-7;1-5(2,3)4/h5H,3-4,7H2,1-2H3;(H2,1,2,3,4). The zero-order valence-corrected chi connectivity index (χ0v) is 8.82. The van der Waals surface area contributed by atoms with Crippen LogP contribution in [0.1, 0.15) is 20.3 Å². The molecule has 0 amide bonds. The highest BCUT2D eigenvalue weighted by Crippen LogP contribution is 1.94. The van der Waals surface area contributed by atoms with E-state index >= 15 is 0 Å². The normalized spacial score (nSPS) is 12.4. The summed E-state index contributed by atoms with van der Waals surface area (Å²) in [4.78, 5) is 10.4. The van der Waals surface area contributed by atoms with Gasteiger partial charge in [0.2, 0.25) is 0 Å². The topological polar surface area (TPSA) is 127 Å². The van der Waals surface area contributed by atoms with Gasteiger partial charge in [-0.15, -0.1) is 0 Å². The minimum absolute atomic E-state index is 0.000972. The van der Waals surface area contributed by atoms with Gasteiger partial charge in [0.25, 0.3) is 0 Å². The lowest BCUT2D eigenvalue weighted by Crippen LogP contribution is -2.21. The van der Waals surface area contributed by atoms with Gasteiger partial charge in [0, 0.05) is 0 Å². The lowest BCUT2D eigenvalue weighted by Gasteiger charge is -2.08. The molecule has 7 nitrogen and oxygen atoms in total. The lowest BCUT2D eigenvalue weighted by atomic mass is 10.3. The van der Waals surface area contributed by atoms with Gasteiger partial charge in [-0.2, -0.15) is 8.42 Å². The Morgan fingerprint density at radius 2 is 1.86 bits per heavy atom. The second-order valence-electron chi connectivity index (χ2n) is 2.36. The van der Waals surface area contributed by atoms with Crippen molar-refractivity contribution in [2.75, 3.05) is 6.54 Å². The van der Waals surface area contributed by atoms with Crippen molar-refractivity contribution in [1.29, 1.82) is 0 Å². The van der Waals surface area contributed by atoms with Gasteiger partial charge in [-0.3, -0.25) is 13.9 Å². The number of carbonyl (C=O) groups excluding carboxylic acids is 1. The fraction of sp³-hybridized carbons (Fsp3) is 0.833. The summed E-state index contributed by atoms with van der Waals surface area (Å²) >= 11 is 0. The Labute approximate surface area is 82.8 Å². The Morgan fingerprint density at radius 3 is 2.07 bits per heavy atom. The SMILES string of the molecule is CCC(C)OC(=O)CN.O=S(=O)(O)O. The van der Waals surface area contributed by atoms with Crippen LogP contribution in [0.15, 0.2) is 0 Å². The summed E-state index contributed by atoms with van der Waals surface area (Å²) in [6, 6.07) is 0. The molecule has 0 rings (SSSR count). The van der Waals surface area contributed by atoms with Gasteiger partial charge in [0.05, 0.1) is 12.6 Å². The number of ether oxygens (including phenoxy) is 1. The summed E-state index contributed by atoms with van der Waals surface area (Å²) in [5.41, 5.74) is 5.00. The van der Waals surface area contributed by atoms with Crippen LogP contribution in [0.4, 0.5) is 0 Å². The van der Waals surface area contributed by atoms with Crippen LogP contribution in [0.25, 0.3) is 0 Å². The highest BCUT2D eigenvalue weighted by Gasteiger charge is 2.03. The van der Waals surface area contributed by atoms with Crippen molar-refractivity contribution in [3.63, 3.8) is 0 Å². The monoisotopic (exact) mass is 229 g/mol. The van der Waals surface area contributed by atoms with Crippen molar-refractivity contribution in [3.05, 3.63) is 0 Å². The highest BCUT2D eigenvalue weighted by molar-refractivity contribution is 7.79. The van der Waals surface area contributed by atoms with Gasteiger partial charge < -0.3 is 10.5 Å². The maximum Gasteiger partial charge on any atom is 0.394 e. The van der Waals surface area contributed by atoms with Gasteiger partial charge in [-0.05, 0) is 13.3 Å². The van der Waals surface area contributed by atoms with Crippen LogP contribution in [0.3, 0.4) is 0 Å². The second kappa shape index (κ2) is 7.68. The molecule has 1 atom stereocenters. The smallest absolute Gasteiger partial charge is 0.394 e. The number of hydrogen-bond donors (Lipinski definition) is 3. The van der Waals surface area contributed by atoms with Crippen molar-refractivity contribution in [1.82, 2.24) is 0 Å². The summed E-state index contributed by atoms with van der Waals surface area (Å²) in [5.74, 6) is -0.329. The third-order valence-corrected chi connectivity index (χ3v) is 1.07. The average Bonchev–Trinajstić information content (AvgIpc) is 2.01. The minimum Gasteiger partial charge on any atom is -0.462 e. The van der Waals surface area contributed by atoms with Crippen LogP contribution >= 0.6 is 0 Å². The predicted octanol–water partition coefficient (Wildman–Crippen LogP) is -0.366. The van der Waals surface area contributed by atoms with E-state index in [1.165, 1.54) is 0 Å². The summed E-state index contributed by atoms with van der Waals surface area (Å²) in [5, 5.41) is 0. The first-order valence-electron chi connectivity index (χ1n) is 3.80. The third kappa shape index (κ3) is 22.5. The number of esters is 1. The van der Waals surface area contributed by atoms with Crippen molar-refractivity contribution >= 4 is 16.4 Å². The van der Waals surface area contributed by atoms with Gasteiger partial charge >= 0.3 is 16.4 Å². The fourth-order valence-electron chi connectivity index (χ4n) is 0.356. The van der Waals surface area contributed by atoms with E-state index in [0.717, 1.165) is 6.42 Å². The summed E-state index contributed by atoms with van der Waals surface area (Å²) in [7, 11) is -4.67. The van der Waals surface area contributed by atoms with E-state index in [2.05, 4.69) is 0 Å². The molecule has 0 aliphatic heterocycles. The fourth-order valence-corrected chi connectivity index (χ4v) is 0.356. The molecule has 0 spiro atoms. The summed E-state index contributed by atoms with van der Waals surface area (Å²) < 4.78 is 36.4. The average molecular weight is 229 g/mol. The van der Waals surface area contributed by atoms with E-state index in [0.29, 0.717) is 0 Å². The van der Waals surface area contributed by atoms with Crippen molar-refractivity contribution in [2.45, 2.75) is 26.4 Å². The Bertz CT molecular complexity index is 241. The Balaban J connectivity index is 0. The first-order valence-corrected chi connectivity index (χ1v) is 5.19. The van der Waals surface area contributed by atoms with Gasteiger partial charge in [0.1, 0.15) is 0 Å². The van der Waals surface area contributed by atoms with Crippen LogP contribution in [0.2, 0.25) is 0 Å². The van der Waals surface area contributed by atoms with Gasteiger partial charge in [0.15, 0.2) is 0 Å². The maximum absolute atomic E-state index is 10.4. The molecule has 86 valence electrons. The highest BCUT2D eigenvalue weighted by atomic mass is 32.3. The molecule has 4 N–H and O–H groups in total. The van der Waals surface area contributed by atoms with E-state index < -0.39 is 10.4 Å². The van der Waals surface area contributed by atoms with Crippen LogP contribution in [-0.4, -0.2) is 36.1 Å². The minimum atomic E-state index is -4.67. The number of rotatable bonds is 3. The van der Waals surface area contributed by atoms with E-state index in [9.17, 15) is 4.79 Å². The Kier molecular flexibility index (Phi) is 8.65. The first kappa shape index (κ1) is 15.8. The Morgan fingerprint density at radius 1 is 1.50 bits per heavy atom. The van der Waals surface area contributed by atoms with Gasteiger partial charge in [-0.25, -0.2) is 0 Å². The van der Waals surface area contributed by atoms with Crippen molar-refractivity contribution in [2.24, 2.45) is 5.73 Å². The molecule has 0 aliphatic rings. The van der Waals surface area contributed by atoms with E-state index in [1.807, 2.05) is 13.8 Å². The maximum atomic E-state index is 10.4.